The number of rotatable bonds is 5. The molecule has 0 radical (unpaired) electrons. The van der Waals surface area contributed by atoms with Crippen LogP contribution in [0.2, 0.25) is 5.02 Å². The molecular formula is C21H19ClN4O4. The first kappa shape index (κ1) is 19.8. The van der Waals surface area contributed by atoms with E-state index in [0.717, 1.165) is 22.2 Å². The number of amides is 3. The summed E-state index contributed by atoms with van der Waals surface area (Å²) in [4.78, 5) is 41.1. The van der Waals surface area contributed by atoms with Crippen LogP contribution < -0.4 is 15.5 Å². The van der Waals surface area contributed by atoms with Crippen molar-refractivity contribution in [2.45, 2.75) is 12.5 Å². The Morgan fingerprint density at radius 1 is 1.20 bits per heavy atom. The Balaban J connectivity index is 1.55. The molecule has 0 aliphatic carbocycles. The van der Waals surface area contributed by atoms with Gasteiger partial charge < -0.3 is 25.6 Å². The number of halogens is 1. The van der Waals surface area contributed by atoms with Gasteiger partial charge in [0.05, 0.1) is 0 Å². The predicted octanol–water partition coefficient (Wildman–Crippen LogP) is 2.78. The first-order valence-corrected chi connectivity index (χ1v) is 9.75. The number of nitrogens with zero attached hydrogens (tertiary/aromatic N) is 1. The molecule has 1 unspecified atom stereocenters. The minimum atomic E-state index is -1.16. The molecule has 154 valence electrons. The number of fused-ring (bicyclic) bond motifs is 2. The zero-order valence-corrected chi connectivity index (χ0v) is 16.6. The van der Waals surface area contributed by atoms with Gasteiger partial charge in [0.25, 0.3) is 5.91 Å². The van der Waals surface area contributed by atoms with Gasteiger partial charge in [-0.05, 0) is 35.9 Å². The number of aromatic amines is 1. The molecule has 1 aliphatic rings. The number of carboxylic acid groups (broad SMARTS) is 1. The predicted molar refractivity (Wildman–Crippen MR) is 113 cm³/mol. The van der Waals surface area contributed by atoms with E-state index in [1.165, 1.54) is 4.90 Å². The second-order valence-electron chi connectivity index (χ2n) is 7.00. The molecule has 4 N–H and O–H groups in total. The van der Waals surface area contributed by atoms with Crippen molar-refractivity contribution in [3.63, 3.8) is 0 Å². The molecule has 0 fully saturated rings. The molecule has 30 heavy (non-hydrogen) atoms. The van der Waals surface area contributed by atoms with Crippen molar-refractivity contribution in [1.29, 1.82) is 0 Å². The van der Waals surface area contributed by atoms with E-state index in [-0.39, 0.29) is 19.0 Å². The highest BCUT2D eigenvalue weighted by molar-refractivity contribution is 6.31. The quantitative estimate of drug-likeness (QED) is 0.502. The van der Waals surface area contributed by atoms with Crippen LogP contribution in [0.5, 0.6) is 0 Å². The molecule has 3 aromatic rings. The van der Waals surface area contributed by atoms with E-state index in [1.54, 1.807) is 24.3 Å². The van der Waals surface area contributed by atoms with E-state index in [4.69, 9.17) is 16.7 Å². The first-order chi connectivity index (χ1) is 14.4. The summed E-state index contributed by atoms with van der Waals surface area (Å²) in [6, 6.07) is 13.6. The van der Waals surface area contributed by atoms with E-state index in [2.05, 4.69) is 15.6 Å². The highest BCUT2D eigenvalue weighted by Crippen LogP contribution is 2.28. The number of hydrogen-bond acceptors (Lipinski definition) is 3. The van der Waals surface area contributed by atoms with Gasteiger partial charge in [-0.1, -0.05) is 29.8 Å². The zero-order chi connectivity index (χ0) is 21.3. The smallest absolute Gasteiger partial charge is 0.404 e. The second kappa shape index (κ2) is 8.08. The van der Waals surface area contributed by atoms with Gasteiger partial charge in [0.15, 0.2) is 0 Å². The molecular weight excluding hydrogens is 408 g/mol. The number of benzene rings is 2. The number of carbonyl (C=O) groups is 3. The summed E-state index contributed by atoms with van der Waals surface area (Å²) in [6.45, 7) is 0.248. The van der Waals surface area contributed by atoms with Crippen LogP contribution in [-0.2, 0) is 11.2 Å². The average Bonchev–Trinajstić information content (AvgIpc) is 3.13. The number of nitrogens with one attached hydrogen (secondary N) is 3. The zero-order valence-electron chi connectivity index (χ0n) is 15.8. The fourth-order valence-electron chi connectivity index (χ4n) is 3.64. The molecule has 1 aliphatic heterocycles. The molecule has 8 nitrogen and oxygen atoms in total. The standard InChI is InChI=1S/C21H19ClN4O4/c22-14-5-6-15-13(9-14)11-16(24-15)19(27)25-17-10-12-3-1-2-4-18(12)26(20(17)28)8-7-23-21(29)30/h1-6,9,11,17,23-24H,7-8,10H2,(H,25,27)(H,29,30). The van der Waals surface area contributed by atoms with Crippen LogP contribution in [0.25, 0.3) is 10.9 Å². The Morgan fingerprint density at radius 3 is 2.80 bits per heavy atom. The maximum absolute atomic E-state index is 13.1. The van der Waals surface area contributed by atoms with Gasteiger partial charge in [0, 0.05) is 41.1 Å². The largest absolute Gasteiger partial charge is 0.465 e. The van der Waals surface area contributed by atoms with Crippen molar-refractivity contribution in [3.05, 3.63) is 64.8 Å². The number of para-hydroxylation sites is 1. The monoisotopic (exact) mass is 426 g/mol. The maximum atomic E-state index is 13.1. The molecule has 0 bridgehead atoms. The average molecular weight is 427 g/mol. The third kappa shape index (κ3) is 3.95. The van der Waals surface area contributed by atoms with Crippen molar-refractivity contribution in [3.8, 4) is 0 Å². The summed E-state index contributed by atoms with van der Waals surface area (Å²) in [7, 11) is 0. The third-order valence-corrected chi connectivity index (χ3v) is 5.25. The lowest BCUT2D eigenvalue weighted by atomic mass is 9.97. The fourth-order valence-corrected chi connectivity index (χ4v) is 3.82. The number of anilines is 1. The number of carbonyl (C=O) groups excluding carboxylic acids is 2. The van der Waals surface area contributed by atoms with E-state index in [0.29, 0.717) is 17.1 Å². The van der Waals surface area contributed by atoms with Crippen molar-refractivity contribution in [1.82, 2.24) is 15.6 Å². The maximum Gasteiger partial charge on any atom is 0.404 e. The Bertz CT molecular complexity index is 1140. The van der Waals surface area contributed by atoms with Gasteiger partial charge in [-0.25, -0.2) is 4.79 Å². The molecule has 9 heteroatoms. The summed E-state index contributed by atoms with van der Waals surface area (Å²) in [5.74, 6) is -0.683. The molecule has 0 spiro atoms. The Labute approximate surface area is 176 Å². The summed E-state index contributed by atoms with van der Waals surface area (Å²) in [5, 5.41) is 15.2. The van der Waals surface area contributed by atoms with Gasteiger partial charge >= 0.3 is 6.09 Å². The van der Waals surface area contributed by atoms with Crippen LogP contribution in [0.1, 0.15) is 16.1 Å². The normalized spacial score (nSPS) is 15.7. The van der Waals surface area contributed by atoms with Crippen LogP contribution in [0, 0.1) is 0 Å². The van der Waals surface area contributed by atoms with E-state index >= 15 is 0 Å². The lowest BCUT2D eigenvalue weighted by Crippen LogP contribution is -2.54. The second-order valence-corrected chi connectivity index (χ2v) is 7.43. The van der Waals surface area contributed by atoms with Crippen LogP contribution in [0.15, 0.2) is 48.5 Å². The topological polar surface area (TPSA) is 115 Å². The summed E-state index contributed by atoms with van der Waals surface area (Å²) in [5.41, 5.74) is 2.73. The van der Waals surface area contributed by atoms with Crippen molar-refractivity contribution in [2.75, 3.05) is 18.0 Å². The molecule has 1 atom stereocenters. The van der Waals surface area contributed by atoms with Gasteiger partial charge in [-0.2, -0.15) is 0 Å². The van der Waals surface area contributed by atoms with Crippen LogP contribution in [-0.4, -0.2) is 47.1 Å². The highest BCUT2D eigenvalue weighted by atomic mass is 35.5. The van der Waals surface area contributed by atoms with Crippen molar-refractivity contribution >= 4 is 46.1 Å². The van der Waals surface area contributed by atoms with Gasteiger partial charge in [0.1, 0.15) is 11.7 Å². The van der Waals surface area contributed by atoms with Gasteiger partial charge in [0.2, 0.25) is 5.91 Å². The van der Waals surface area contributed by atoms with Gasteiger partial charge in [-0.3, -0.25) is 9.59 Å². The number of aromatic nitrogens is 1. The molecule has 1 aromatic heterocycles. The van der Waals surface area contributed by atoms with E-state index in [1.807, 2.05) is 24.3 Å². The molecule has 0 saturated heterocycles. The molecule has 0 saturated carbocycles. The van der Waals surface area contributed by atoms with Crippen LogP contribution in [0.4, 0.5) is 10.5 Å². The summed E-state index contributed by atoms with van der Waals surface area (Å²) < 4.78 is 0. The van der Waals surface area contributed by atoms with Crippen molar-refractivity contribution < 1.29 is 19.5 Å². The Morgan fingerprint density at radius 2 is 2.00 bits per heavy atom. The minimum Gasteiger partial charge on any atom is -0.465 e. The molecule has 3 amide bonds. The Kier molecular flexibility index (Phi) is 5.33. The highest BCUT2D eigenvalue weighted by Gasteiger charge is 2.33. The lowest BCUT2D eigenvalue weighted by molar-refractivity contribution is -0.120. The van der Waals surface area contributed by atoms with Gasteiger partial charge in [-0.15, -0.1) is 0 Å². The van der Waals surface area contributed by atoms with Crippen LogP contribution >= 0.6 is 11.6 Å². The van der Waals surface area contributed by atoms with E-state index in [9.17, 15) is 14.4 Å². The number of H-pyrrole nitrogens is 1. The summed E-state index contributed by atoms with van der Waals surface area (Å²) in [6.07, 6.45) is -0.799. The number of hydrogen-bond donors (Lipinski definition) is 4. The van der Waals surface area contributed by atoms with E-state index < -0.39 is 18.0 Å². The lowest BCUT2D eigenvalue weighted by Gasteiger charge is -2.34. The van der Waals surface area contributed by atoms with Crippen LogP contribution in [0.3, 0.4) is 0 Å². The molecule has 2 heterocycles. The van der Waals surface area contributed by atoms with Crippen molar-refractivity contribution in [2.24, 2.45) is 0 Å². The molecule has 2 aromatic carbocycles. The SMILES string of the molecule is O=C(O)NCCN1C(=O)C(NC(=O)c2cc3cc(Cl)ccc3[nH]2)Cc2ccccc21. The third-order valence-electron chi connectivity index (χ3n) is 5.01. The Hall–Kier alpha value is -3.52. The first-order valence-electron chi connectivity index (χ1n) is 9.37. The minimum absolute atomic E-state index is 0.0822. The fraction of sp³-hybridized carbons (Fsp3) is 0.190. The summed E-state index contributed by atoms with van der Waals surface area (Å²) >= 11 is 6.00. The molecule has 4 rings (SSSR count).